The summed E-state index contributed by atoms with van der Waals surface area (Å²) in [5.74, 6) is 0.951. The lowest BCUT2D eigenvalue weighted by molar-refractivity contribution is 0.297. The first-order valence-electron chi connectivity index (χ1n) is 4.47. The van der Waals surface area contributed by atoms with Crippen molar-refractivity contribution < 1.29 is 4.74 Å². The molecule has 13 heavy (non-hydrogen) atoms. The average molecular weight is 180 g/mol. The third kappa shape index (κ3) is 3.10. The summed E-state index contributed by atoms with van der Waals surface area (Å²) < 4.78 is 5.36. The first kappa shape index (κ1) is 12.0. The zero-order chi connectivity index (χ0) is 10.6. The van der Waals surface area contributed by atoms with Crippen LogP contribution in [0.1, 0.15) is 34.6 Å². The predicted octanol–water partition coefficient (Wildman–Crippen LogP) is 3.84. The maximum atomic E-state index is 5.36. The highest BCUT2D eigenvalue weighted by Gasteiger charge is 2.09. The van der Waals surface area contributed by atoms with Gasteiger partial charge in [0, 0.05) is 5.57 Å². The molecule has 0 saturated heterocycles. The molecule has 0 spiro atoms. The van der Waals surface area contributed by atoms with Crippen LogP contribution in [0.5, 0.6) is 0 Å². The van der Waals surface area contributed by atoms with Gasteiger partial charge in [0.05, 0.1) is 7.11 Å². The Bertz CT molecular complexity index is 259. The minimum Gasteiger partial charge on any atom is -0.496 e. The second-order valence-corrected chi connectivity index (χ2v) is 3.69. The van der Waals surface area contributed by atoms with Crippen molar-refractivity contribution in [1.29, 1.82) is 0 Å². The van der Waals surface area contributed by atoms with E-state index in [-0.39, 0.29) is 0 Å². The fraction of sp³-hybridized carbons (Fsp3) is 0.500. The third-order valence-corrected chi connectivity index (χ3v) is 1.81. The topological polar surface area (TPSA) is 9.23 Å². The molecule has 0 fully saturated rings. The van der Waals surface area contributed by atoms with Gasteiger partial charge < -0.3 is 4.74 Å². The first-order valence-corrected chi connectivity index (χ1v) is 4.47. The Morgan fingerprint density at radius 2 is 1.38 bits per heavy atom. The van der Waals surface area contributed by atoms with E-state index in [2.05, 4.69) is 20.4 Å². The van der Waals surface area contributed by atoms with Gasteiger partial charge in [-0.1, -0.05) is 12.2 Å². The molecular weight excluding hydrogens is 160 g/mol. The van der Waals surface area contributed by atoms with Gasteiger partial charge in [-0.05, 0) is 45.8 Å². The fourth-order valence-electron chi connectivity index (χ4n) is 1.40. The van der Waals surface area contributed by atoms with Crippen molar-refractivity contribution >= 4 is 0 Å². The summed E-state index contributed by atoms with van der Waals surface area (Å²) in [6.07, 6.45) is 0. The highest BCUT2D eigenvalue weighted by Crippen LogP contribution is 2.24. The molecule has 0 amide bonds. The lowest BCUT2D eigenvalue weighted by Crippen LogP contribution is -1.98. The summed E-state index contributed by atoms with van der Waals surface area (Å²) in [6, 6.07) is 0. The van der Waals surface area contributed by atoms with E-state index in [0.717, 1.165) is 16.9 Å². The lowest BCUT2D eigenvalue weighted by Gasteiger charge is -2.14. The molecule has 0 rings (SSSR count). The maximum Gasteiger partial charge on any atom is 0.124 e. The molecule has 0 aromatic rings. The molecule has 0 bridgehead atoms. The summed E-state index contributed by atoms with van der Waals surface area (Å²) in [5, 5.41) is 0. The number of allylic oxidation sites excluding steroid dienone is 3. The van der Waals surface area contributed by atoms with Gasteiger partial charge in [0.2, 0.25) is 0 Å². The molecule has 0 atom stereocenters. The van der Waals surface area contributed by atoms with E-state index in [4.69, 9.17) is 4.74 Å². The molecule has 1 heteroatoms. The molecule has 0 unspecified atom stereocenters. The van der Waals surface area contributed by atoms with Crippen molar-refractivity contribution in [3.05, 3.63) is 34.6 Å². The Hall–Kier alpha value is -0.980. The number of methoxy groups -OCH3 is 1. The van der Waals surface area contributed by atoms with Crippen LogP contribution in [-0.2, 0) is 4.74 Å². The van der Waals surface area contributed by atoms with E-state index >= 15 is 0 Å². The van der Waals surface area contributed by atoms with Gasteiger partial charge in [-0.15, -0.1) is 0 Å². The molecule has 0 radical (unpaired) electrons. The van der Waals surface area contributed by atoms with E-state index in [1.807, 2.05) is 20.8 Å². The van der Waals surface area contributed by atoms with Gasteiger partial charge in [0.1, 0.15) is 5.76 Å². The summed E-state index contributed by atoms with van der Waals surface area (Å²) >= 11 is 0. The van der Waals surface area contributed by atoms with E-state index in [1.165, 1.54) is 11.1 Å². The van der Waals surface area contributed by atoms with E-state index in [0.29, 0.717) is 0 Å². The molecule has 0 saturated carbocycles. The smallest absolute Gasteiger partial charge is 0.124 e. The van der Waals surface area contributed by atoms with Crippen molar-refractivity contribution in [1.82, 2.24) is 0 Å². The van der Waals surface area contributed by atoms with Crippen LogP contribution in [0.15, 0.2) is 34.6 Å². The van der Waals surface area contributed by atoms with Crippen LogP contribution in [0.4, 0.5) is 0 Å². The molecule has 0 aromatic carbocycles. The fourth-order valence-corrected chi connectivity index (χ4v) is 1.40. The van der Waals surface area contributed by atoms with Crippen LogP contribution in [0, 0.1) is 0 Å². The standard InChI is InChI=1S/C12H20O/c1-8(2)11(9(3)4)12(13-7)10(5)6/h1H2,2-7H3. The number of hydrogen-bond acceptors (Lipinski definition) is 1. The van der Waals surface area contributed by atoms with Crippen LogP contribution < -0.4 is 0 Å². The van der Waals surface area contributed by atoms with Crippen molar-refractivity contribution in [2.75, 3.05) is 7.11 Å². The summed E-state index contributed by atoms with van der Waals surface area (Å²) in [6.45, 7) is 14.2. The molecule has 0 aliphatic carbocycles. The van der Waals surface area contributed by atoms with Crippen LogP contribution in [-0.4, -0.2) is 7.11 Å². The molecule has 0 heterocycles. The number of hydrogen-bond donors (Lipinski definition) is 0. The highest BCUT2D eigenvalue weighted by molar-refractivity contribution is 5.45. The summed E-state index contributed by atoms with van der Waals surface area (Å²) in [4.78, 5) is 0. The normalized spacial score (nSPS) is 9.08. The highest BCUT2D eigenvalue weighted by atomic mass is 16.5. The van der Waals surface area contributed by atoms with Gasteiger partial charge in [-0.2, -0.15) is 0 Å². The SMILES string of the molecule is C=C(C)C(=C(C)C)C(OC)=C(C)C. The maximum absolute atomic E-state index is 5.36. The third-order valence-electron chi connectivity index (χ3n) is 1.81. The Kier molecular flexibility index (Phi) is 4.53. The molecular formula is C12H20O. The number of ether oxygens (including phenoxy) is 1. The largest absolute Gasteiger partial charge is 0.496 e. The minimum atomic E-state index is 0.951. The predicted molar refractivity (Wildman–Crippen MR) is 58.6 cm³/mol. The molecule has 1 nitrogen and oxygen atoms in total. The minimum absolute atomic E-state index is 0.951. The quantitative estimate of drug-likeness (QED) is 0.473. The molecule has 74 valence electrons. The summed E-state index contributed by atoms with van der Waals surface area (Å²) in [5.41, 5.74) is 4.62. The molecule has 0 aliphatic heterocycles. The zero-order valence-electron chi connectivity index (χ0n) is 9.62. The van der Waals surface area contributed by atoms with Gasteiger partial charge in [0.25, 0.3) is 0 Å². The van der Waals surface area contributed by atoms with E-state index in [9.17, 15) is 0 Å². The second kappa shape index (κ2) is 4.90. The van der Waals surface area contributed by atoms with Crippen molar-refractivity contribution in [2.45, 2.75) is 34.6 Å². The second-order valence-electron chi connectivity index (χ2n) is 3.69. The monoisotopic (exact) mass is 180 g/mol. The summed E-state index contributed by atoms with van der Waals surface area (Å²) in [7, 11) is 1.70. The Morgan fingerprint density at radius 1 is 0.923 bits per heavy atom. The van der Waals surface area contributed by atoms with Gasteiger partial charge in [-0.25, -0.2) is 0 Å². The molecule has 0 aliphatic rings. The van der Waals surface area contributed by atoms with Crippen molar-refractivity contribution in [3.63, 3.8) is 0 Å². The Balaban J connectivity index is 5.34. The number of rotatable bonds is 3. The zero-order valence-corrected chi connectivity index (χ0v) is 9.62. The van der Waals surface area contributed by atoms with Crippen LogP contribution in [0.25, 0.3) is 0 Å². The van der Waals surface area contributed by atoms with E-state index in [1.54, 1.807) is 7.11 Å². The van der Waals surface area contributed by atoms with Gasteiger partial charge in [0.15, 0.2) is 0 Å². The van der Waals surface area contributed by atoms with Crippen LogP contribution in [0.3, 0.4) is 0 Å². The van der Waals surface area contributed by atoms with Crippen LogP contribution >= 0.6 is 0 Å². The average Bonchev–Trinajstić information content (AvgIpc) is 1.97. The lowest BCUT2D eigenvalue weighted by atomic mass is 10.00. The van der Waals surface area contributed by atoms with Gasteiger partial charge in [-0.3, -0.25) is 0 Å². The van der Waals surface area contributed by atoms with E-state index < -0.39 is 0 Å². The van der Waals surface area contributed by atoms with Gasteiger partial charge >= 0.3 is 0 Å². The van der Waals surface area contributed by atoms with Crippen molar-refractivity contribution in [2.24, 2.45) is 0 Å². The van der Waals surface area contributed by atoms with Crippen LogP contribution in [0.2, 0.25) is 0 Å². The molecule has 0 aromatic heterocycles. The first-order chi connectivity index (χ1) is 5.91. The Labute approximate surface area is 81.8 Å². The van der Waals surface area contributed by atoms with Crippen molar-refractivity contribution in [3.8, 4) is 0 Å². The Morgan fingerprint density at radius 3 is 1.46 bits per heavy atom. The molecule has 0 N–H and O–H groups in total.